The summed E-state index contributed by atoms with van der Waals surface area (Å²) in [6.45, 7) is 2.45. The second kappa shape index (κ2) is 7.06. The van der Waals surface area contributed by atoms with Crippen molar-refractivity contribution in [1.29, 1.82) is 0 Å². The van der Waals surface area contributed by atoms with Gasteiger partial charge in [0, 0.05) is 24.6 Å². The molecule has 1 aliphatic heterocycles. The van der Waals surface area contributed by atoms with E-state index in [2.05, 4.69) is 5.32 Å². The van der Waals surface area contributed by atoms with Crippen LogP contribution >= 0.6 is 0 Å². The molecule has 118 valence electrons. The van der Waals surface area contributed by atoms with Gasteiger partial charge in [-0.2, -0.15) is 0 Å². The Morgan fingerprint density at radius 3 is 2.32 bits per heavy atom. The third-order valence-electron chi connectivity index (χ3n) is 3.90. The van der Waals surface area contributed by atoms with Gasteiger partial charge in [0.1, 0.15) is 6.04 Å². The number of hydrogen-bond donors (Lipinski definition) is 2. The Morgan fingerprint density at radius 1 is 1.18 bits per heavy atom. The summed E-state index contributed by atoms with van der Waals surface area (Å²) < 4.78 is 0. The number of piperidine rings is 1. The molecule has 0 saturated carbocycles. The summed E-state index contributed by atoms with van der Waals surface area (Å²) in [6, 6.07) is 8.15. The third kappa shape index (κ3) is 3.84. The molecular weight excluding hydrogens is 284 g/mol. The molecule has 1 aromatic carbocycles. The highest BCUT2D eigenvalue weighted by Gasteiger charge is 2.29. The molecule has 1 atom stereocenters. The lowest BCUT2D eigenvalue weighted by molar-refractivity contribution is -0.142. The zero-order valence-electron chi connectivity index (χ0n) is 12.5. The normalized spacial score (nSPS) is 16.9. The molecule has 6 nitrogen and oxygen atoms in total. The van der Waals surface area contributed by atoms with Crippen molar-refractivity contribution in [1.82, 2.24) is 10.2 Å². The van der Waals surface area contributed by atoms with Crippen LogP contribution in [0.5, 0.6) is 0 Å². The molecule has 1 aromatic rings. The van der Waals surface area contributed by atoms with Gasteiger partial charge in [-0.15, -0.1) is 0 Å². The first-order chi connectivity index (χ1) is 10.5. The van der Waals surface area contributed by atoms with Crippen molar-refractivity contribution in [2.24, 2.45) is 5.92 Å². The summed E-state index contributed by atoms with van der Waals surface area (Å²) in [7, 11) is 0. The van der Waals surface area contributed by atoms with Crippen LogP contribution in [0.3, 0.4) is 0 Å². The fourth-order valence-electron chi connectivity index (χ4n) is 2.50. The van der Waals surface area contributed by atoms with Crippen LogP contribution in [0.2, 0.25) is 0 Å². The Labute approximate surface area is 129 Å². The number of benzene rings is 1. The van der Waals surface area contributed by atoms with E-state index in [0.717, 1.165) is 0 Å². The Balaban J connectivity index is 1.86. The highest BCUT2D eigenvalue weighted by atomic mass is 16.4. The fourth-order valence-corrected chi connectivity index (χ4v) is 2.50. The number of nitrogens with one attached hydrogen (secondary N) is 1. The molecule has 1 unspecified atom stereocenters. The van der Waals surface area contributed by atoms with Crippen LogP contribution in [0, 0.1) is 5.92 Å². The minimum absolute atomic E-state index is 0.0293. The summed E-state index contributed by atoms with van der Waals surface area (Å²) in [4.78, 5) is 36.8. The molecule has 0 radical (unpaired) electrons. The van der Waals surface area contributed by atoms with Gasteiger partial charge in [0.2, 0.25) is 5.91 Å². The van der Waals surface area contributed by atoms with Crippen LogP contribution < -0.4 is 5.32 Å². The molecule has 0 bridgehead atoms. The molecule has 22 heavy (non-hydrogen) atoms. The van der Waals surface area contributed by atoms with Crippen molar-refractivity contribution >= 4 is 17.8 Å². The Bertz CT molecular complexity index is 551. The largest absolute Gasteiger partial charge is 0.480 e. The highest BCUT2D eigenvalue weighted by molar-refractivity contribution is 5.94. The van der Waals surface area contributed by atoms with Crippen LogP contribution in [0.1, 0.15) is 30.1 Å². The van der Waals surface area contributed by atoms with E-state index in [9.17, 15) is 14.4 Å². The van der Waals surface area contributed by atoms with E-state index < -0.39 is 12.0 Å². The molecule has 1 heterocycles. The summed E-state index contributed by atoms with van der Waals surface area (Å²) in [5.74, 6) is -1.56. The zero-order chi connectivity index (χ0) is 16.1. The predicted octanol–water partition coefficient (Wildman–Crippen LogP) is 1.13. The van der Waals surface area contributed by atoms with Crippen molar-refractivity contribution < 1.29 is 19.5 Å². The number of likely N-dealkylation sites (tertiary alicyclic amines) is 1. The molecule has 2 N–H and O–H groups in total. The molecular formula is C16H20N2O4. The van der Waals surface area contributed by atoms with Gasteiger partial charge in [0.25, 0.3) is 5.91 Å². The van der Waals surface area contributed by atoms with Gasteiger partial charge < -0.3 is 15.3 Å². The smallest absolute Gasteiger partial charge is 0.325 e. The number of carbonyl (C=O) groups excluding carboxylic acids is 2. The summed E-state index contributed by atoms with van der Waals surface area (Å²) in [5, 5.41) is 11.3. The topological polar surface area (TPSA) is 86.7 Å². The third-order valence-corrected chi connectivity index (χ3v) is 3.90. The predicted molar refractivity (Wildman–Crippen MR) is 80.3 cm³/mol. The van der Waals surface area contributed by atoms with Crippen LogP contribution in [0.4, 0.5) is 0 Å². The number of carboxylic acid groups (broad SMARTS) is 1. The summed E-state index contributed by atoms with van der Waals surface area (Å²) in [5.41, 5.74) is 0.643. The van der Waals surface area contributed by atoms with E-state index in [0.29, 0.717) is 31.5 Å². The maximum atomic E-state index is 12.3. The van der Waals surface area contributed by atoms with Gasteiger partial charge in [-0.1, -0.05) is 18.2 Å². The van der Waals surface area contributed by atoms with Gasteiger partial charge in [-0.3, -0.25) is 14.4 Å². The van der Waals surface area contributed by atoms with Crippen molar-refractivity contribution in [3.63, 3.8) is 0 Å². The van der Waals surface area contributed by atoms with Gasteiger partial charge in [0.15, 0.2) is 0 Å². The van der Waals surface area contributed by atoms with Crippen LogP contribution in [-0.4, -0.2) is 46.9 Å². The van der Waals surface area contributed by atoms with Gasteiger partial charge >= 0.3 is 5.97 Å². The lowest BCUT2D eigenvalue weighted by Gasteiger charge is -2.31. The molecule has 2 amide bonds. The highest BCUT2D eigenvalue weighted by Crippen LogP contribution is 2.19. The number of rotatable bonds is 4. The second-order valence-corrected chi connectivity index (χ2v) is 5.50. The molecule has 1 saturated heterocycles. The van der Waals surface area contributed by atoms with Gasteiger partial charge in [-0.05, 0) is 31.9 Å². The van der Waals surface area contributed by atoms with E-state index in [4.69, 9.17) is 5.11 Å². The quantitative estimate of drug-likeness (QED) is 0.873. The number of amides is 2. The van der Waals surface area contributed by atoms with Crippen LogP contribution in [0.25, 0.3) is 0 Å². The van der Waals surface area contributed by atoms with Gasteiger partial charge in [-0.25, -0.2) is 0 Å². The van der Waals surface area contributed by atoms with E-state index in [-0.39, 0.29) is 17.7 Å². The monoisotopic (exact) mass is 304 g/mol. The maximum absolute atomic E-state index is 12.3. The molecule has 2 rings (SSSR count). The maximum Gasteiger partial charge on any atom is 0.325 e. The van der Waals surface area contributed by atoms with Crippen molar-refractivity contribution in [3.05, 3.63) is 35.9 Å². The first-order valence-corrected chi connectivity index (χ1v) is 7.36. The minimum atomic E-state index is -1.05. The molecule has 6 heteroatoms. The minimum Gasteiger partial charge on any atom is -0.480 e. The molecule has 1 fully saturated rings. The van der Waals surface area contributed by atoms with Gasteiger partial charge in [0.05, 0.1) is 0 Å². The number of nitrogens with zero attached hydrogens (tertiary/aromatic N) is 1. The van der Waals surface area contributed by atoms with Crippen LogP contribution in [-0.2, 0) is 9.59 Å². The molecule has 0 spiro atoms. The second-order valence-electron chi connectivity index (χ2n) is 5.50. The van der Waals surface area contributed by atoms with E-state index in [1.54, 1.807) is 17.0 Å². The lowest BCUT2D eigenvalue weighted by Crippen LogP contribution is -2.46. The number of aliphatic carboxylic acids is 1. The Kier molecular flexibility index (Phi) is 5.14. The lowest BCUT2D eigenvalue weighted by atomic mass is 9.95. The Morgan fingerprint density at radius 2 is 1.77 bits per heavy atom. The molecule has 0 aliphatic carbocycles. The first-order valence-electron chi connectivity index (χ1n) is 7.36. The molecule has 1 aliphatic rings. The van der Waals surface area contributed by atoms with Crippen LogP contribution in [0.15, 0.2) is 30.3 Å². The Hall–Kier alpha value is -2.37. The van der Waals surface area contributed by atoms with Crippen molar-refractivity contribution in [3.8, 4) is 0 Å². The zero-order valence-corrected chi connectivity index (χ0v) is 12.5. The van der Waals surface area contributed by atoms with Crippen molar-refractivity contribution in [2.75, 3.05) is 13.1 Å². The standard InChI is InChI=1S/C16H20N2O4/c1-11(16(21)22)17-14(19)12-7-9-18(10-8-12)15(20)13-5-3-2-4-6-13/h2-6,11-12H,7-10H2,1H3,(H,17,19)(H,21,22). The fraction of sp³-hybridized carbons (Fsp3) is 0.438. The SMILES string of the molecule is CC(NC(=O)C1CCN(C(=O)c2ccccc2)CC1)C(=O)O. The number of carboxylic acids is 1. The van der Waals surface area contributed by atoms with E-state index in [1.165, 1.54) is 6.92 Å². The van der Waals surface area contributed by atoms with E-state index >= 15 is 0 Å². The number of hydrogen-bond acceptors (Lipinski definition) is 3. The molecule has 0 aromatic heterocycles. The average Bonchev–Trinajstić information content (AvgIpc) is 2.55. The summed E-state index contributed by atoms with van der Waals surface area (Å²) in [6.07, 6.45) is 1.10. The van der Waals surface area contributed by atoms with Crippen molar-refractivity contribution in [2.45, 2.75) is 25.8 Å². The van der Waals surface area contributed by atoms with E-state index in [1.807, 2.05) is 18.2 Å². The first kappa shape index (κ1) is 16.0. The average molecular weight is 304 g/mol. The summed E-state index contributed by atoms with van der Waals surface area (Å²) >= 11 is 0. The number of carbonyl (C=O) groups is 3.